The molecule has 0 amide bonds. The maximum absolute atomic E-state index is 6.71. The van der Waals surface area contributed by atoms with Crippen LogP contribution in [0.1, 0.15) is 23.7 Å². The van der Waals surface area contributed by atoms with Crippen LogP contribution in [0.2, 0.25) is 14.8 Å². The zero-order chi connectivity index (χ0) is 21.5. The molecule has 0 radical (unpaired) electrons. The van der Waals surface area contributed by atoms with Crippen molar-refractivity contribution in [1.82, 2.24) is 0 Å². The van der Waals surface area contributed by atoms with Crippen molar-refractivity contribution in [3.05, 3.63) is 41.5 Å². The van der Waals surface area contributed by atoms with Gasteiger partial charge in [-0.25, -0.2) is 0 Å². The number of rotatable bonds is 5. The predicted molar refractivity (Wildman–Crippen MR) is 117 cm³/mol. The Morgan fingerprint density at radius 1 is 0.900 bits per heavy atom. The van der Waals surface area contributed by atoms with Gasteiger partial charge in [-0.1, -0.05) is 0 Å². The predicted octanol–water partition coefficient (Wildman–Crippen LogP) is 3.98. The van der Waals surface area contributed by atoms with Gasteiger partial charge in [0.2, 0.25) is 0 Å². The summed E-state index contributed by atoms with van der Waals surface area (Å²) in [5, 5.41) is 0. The second-order valence-electron chi connectivity index (χ2n) is 8.64. The van der Waals surface area contributed by atoms with Crippen LogP contribution in [0.5, 0.6) is 23.0 Å². The topological polar surface area (TPSA) is 55.4 Å². The molecule has 2 aromatic rings. The number of hydrogen-bond donors (Lipinski definition) is 0. The Balaban J connectivity index is 1.93. The number of methoxy groups -OCH3 is 3. The molecule has 6 nitrogen and oxygen atoms in total. The monoisotopic (exact) mass is 522 g/mol. The van der Waals surface area contributed by atoms with Gasteiger partial charge in [0.15, 0.2) is 0 Å². The molecule has 1 atom stereocenters. The number of fused-ring (bicyclic) bond motifs is 2. The summed E-state index contributed by atoms with van der Waals surface area (Å²) in [6, 6.07) is 9.93. The van der Waals surface area contributed by atoms with E-state index in [9.17, 15) is 0 Å². The summed E-state index contributed by atoms with van der Waals surface area (Å²) in [6.45, 7) is 1.08. The average molecular weight is 521 g/mol. The molecule has 2 aliphatic rings. The SMILES string of the molecule is COc1ccc(C2CC3(OCCO3)c3c(OC)cc(OC)[c]([Sn]([CH3])([CH3])[CH3])c3O2)cc1. The van der Waals surface area contributed by atoms with Crippen LogP contribution in [0, 0.1) is 0 Å². The van der Waals surface area contributed by atoms with E-state index < -0.39 is 24.2 Å². The minimum absolute atomic E-state index is 0.217. The molecule has 2 aromatic carbocycles. The first-order chi connectivity index (χ1) is 14.3. The molecule has 1 saturated heterocycles. The maximum atomic E-state index is 6.71. The van der Waals surface area contributed by atoms with Crippen molar-refractivity contribution in [2.75, 3.05) is 34.5 Å². The van der Waals surface area contributed by atoms with E-state index >= 15 is 0 Å². The second-order valence-corrected chi connectivity index (χ2v) is 22.9. The Kier molecular flexibility index (Phi) is 5.85. The quantitative estimate of drug-likeness (QED) is 0.556. The number of ether oxygens (including phenoxy) is 6. The molecule has 1 unspecified atom stereocenters. The first kappa shape index (κ1) is 21.6. The molecular formula is C23H30O6Sn. The Hall–Kier alpha value is -1.64. The van der Waals surface area contributed by atoms with Gasteiger partial charge in [-0.15, -0.1) is 0 Å². The van der Waals surface area contributed by atoms with Crippen LogP contribution in [0.4, 0.5) is 0 Å². The Bertz CT molecular complexity index is 913. The molecule has 1 fully saturated rings. The Morgan fingerprint density at radius 3 is 2.07 bits per heavy atom. The molecule has 0 N–H and O–H groups in total. The van der Waals surface area contributed by atoms with Crippen molar-refractivity contribution >= 4 is 22.0 Å². The van der Waals surface area contributed by atoms with Crippen molar-refractivity contribution in [3.8, 4) is 23.0 Å². The van der Waals surface area contributed by atoms with Crippen molar-refractivity contribution in [3.63, 3.8) is 0 Å². The summed E-state index contributed by atoms with van der Waals surface area (Å²) < 4.78 is 37.3. The Morgan fingerprint density at radius 2 is 1.53 bits per heavy atom. The first-order valence-electron chi connectivity index (χ1n) is 10.2. The summed E-state index contributed by atoms with van der Waals surface area (Å²) in [4.78, 5) is 7.05. The summed E-state index contributed by atoms with van der Waals surface area (Å²) in [7, 11) is 5.02. The van der Waals surface area contributed by atoms with E-state index in [2.05, 4.69) is 14.8 Å². The van der Waals surface area contributed by atoms with Crippen LogP contribution in [-0.2, 0) is 15.3 Å². The van der Waals surface area contributed by atoms with E-state index in [1.807, 2.05) is 30.3 Å². The van der Waals surface area contributed by atoms with E-state index in [-0.39, 0.29) is 6.10 Å². The third kappa shape index (κ3) is 3.63. The van der Waals surface area contributed by atoms with Crippen molar-refractivity contribution in [2.45, 2.75) is 33.1 Å². The van der Waals surface area contributed by atoms with Gasteiger partial charge < -0.3 is 0 Å². The Labute approximate surface area is 182 Å². The molecule has 30 heavy (non-hydrogen) atoms. The molecular weight excluding hydrogens is 491 g/mol. The van der Waals surface area contributed by atoms with Crippen LogP contribution >= 0.6 is 0 Å². The van der Waals surface area contributed by atoms with Gasteiger partial charge in [0.05, 0.1) is 0 Å². The van der Waals surface area contributed by atoms with E-state index in [1.165, 1.54) is 3.58 Å². The van der Waals surface area contributed by atoms with Gasteiger partial charge in [0.1, 0.15) is 0 Å². The summed E-state index contributed by atoms with van der Waals surface area (Å²) in [6.07, 6.45) is 0.333. The summed E-state index contributed by atoms with van der Waals surface area (Å²) >= 11 is -2.70. The van der Waals surface area contributed by atoms with Gasteiger partial charge in [-0.3, -0.25) is 0 Å². The summed E-state index contributed by atoms with van der Waals surface area (Å²) in [5.41, 5.74) is 1.91. The molecule has 2 heterocycles. The van der Waals surface area contributed by atoms with Crippen LogP contribution in [0.3, 0.4) is 0 Å². The third-order valence-electron chi connectivity index (χ3n) is 5.74. The molecule has 0 aromatic heterocycles. The molecule has 0 saturated carbocycles. The van der Waals surface area contributed by atoms with Gasteiger partial charge >= 0.3 is 183 Å². The second kappa shape index (κ2) is 8.13. The first-order valence-corrected chi connectivity index (χ1v) is 20.2. The van der Waals surface area contributed by atoms with Crippen molar-refractivity contribution in [2.24, 2.45) is 0 Å². The molecule has 0 bridgehead atoms. The van der Waals surface area contributed by atoms with Crippen molar-refractivity contribution < 1.29 is 28.4 Å². The zero-order valence-electron chi connectivity index (χ0n) is 18.5. The van der Waals surface area contributed by atoms with Gasteiger partial charge in [0.25, 0.3) is 0 Å². The average Bonchev–Trinajstić information content (AvgIpc) is 3.19. The number of benzene rings is 2. The molecule has 2 aliphatic heterocycles. The fourth-order valence-corrected chi connectivity index (χ4v) is 9.45. The fraction of sp³-hybridized carbons (Fsp3) is 0.478. The van der Waals surface area contributed by atoms with Crippen molar-refractivity contribution in [1.29, 1.82) is 0 Å². The molecule has 7 heteroatoms. The van der Waals surface area contributed by atoms with E-state index in [4.69, 9.17) is 28.4 Å². The van der Waals surface area contributed by atoms with Gasteiger partial charge in [-0.2, -0.15) is 0 Å². The van der Waals surface area contributed by atoms with E-state index in [0.29, 0.717) is 25.4 Å². The van der Waals surface area contributed by atoms with Crippen LogP contribution in [-0.4, -0.2) is 52.9 Å². The van der Waals surface area contributed by atoms with Crippen LogP contribution in [0.15, 0.2) is 30.3 Å². The summed E-state index contributed by atoms with van der Waals surface area (Å²) in [5.74, 6) is 2.23. The molecule has 1 spiro atoms. The van der Waals surface area contributed by atoms with Crippen LogP contribution < -0.4 is 22.5 Å². The minimum atomic E-state index is -2.70. The molecule has 4 rings (SSSR count). The van der Waals surface area contributed by atoms with Gasteiger partial charge in [0, 0.05) is 0 Å². The fourth-order valence-electron chi connectivity index (χ4n) is 4.37. The van der Waals surface area contributed by atoms with E-state index in [0.717, 1.165) is 28.4 Å². The standard InChI is InChI=1S/C20H21O6.3CH3.Sn/c1-21-14-6-4-13(5-7-14)18-12-20(24-8-9-25-20)19-16(23-3)10-15(22-2)11-17(19)26-18;;;;/h4-7,10,18H,8-9,12H2,1-3H3;3*1H3;. The normalized spacial score (nSPS) is 19.9. The molecule has 162 valence electrons. The number of hydrogen-bond acceptors (Lipinski definition) is 6. The van der Waals surface area contributed by atoms with Crippen LogP contribution in [0.25, 0.3) is 0 Å². The third-order valence-corrected chi connectivity index (χ3v) is 11.4. The molecule has 0 aliphatic carbocycles. The zero-order valence-corrected chi connectivity index (χ0v) is 21.4. The van der Waals surface area contributed by atoms with Gasteiger partial charge in [-0.05, 0) is 0 Å². The van der Waals surface area contributed by atoms with E-state index in [1.54, 1.807) is 21.3 Å².